The number of hydrogen-bond acceptors (Lipinski definition) is 4. The third-order valence-corrected chi connectivity index (χ3v) is 6.73. The Labute approximate surface area is 209 Å². The first-order valence-electron chi connectivity index (χ1n) is 12.6. The standard InChI is InChI=1S/C29H28N6O/c36-28(18-17-26-31-24-14-6-7-15-25(24)35(26)23-12-3-1-4-13-23)30-22-11-9-10-21(20-22)29-33-32-27-16-5-2-8-19-34(27)29/h1,3-4,6-7,9-15,20H,2,5,8,16-19H2,(H,30,36). The smallest absolute Gasteiger partial charge is 0.224 e. The SMILES string of the molecule is O=C(CCc1nc2ccccc2n1-c1ccccc1)Nc1cccc(-c2nnc3n2CCCCC3)c1. The van der Waals surface area contributed by atoms with E-state index in [1.165, 1.54) is 6.42 Å². The summed E-state index contributed by atoms with van der Waals surface area (Å²) in [4.78, 5) is 17.8. The first kappa shape index (κ1) is 22.2. The molecule has 0 saturated heterocycles. The van der Waals surface area contributed by atoms with Crippen molar-refractivity contribution in [2.75, 3.05) is 5.32 Å². The van der Waals surface area contributed by atoms with Crippen molar-refractivity contribution < 1.29 is 4.79 Å². The Hall–Kier alpha value is -4.26. The van der Waals surface area contributed by atoms with Gasteiger partial charge in [-0.3, -0.25) is 9.36 Å². The Morgan fingerprint density at radius 1 is 0.889 bits per heavy atom. The summed E-state index contributed by atoms with van der Waals surface area (Å²) in [6.07, 6.45) is 5.36. The number of rotatable bonds is 6. The highest BCUT2D eigenvalue weighted by Crippen LogP contribution is 2.26. The molecule has 0 spiro atoms. The average Bonchev–Trinajstić information content (AvgIpc) is 3.41. The number of hydrogen-bond donors (Lipinski definition) is 1. The highest BCUT2D eigenvalue weighted by molar-refractivity contribution is 5.91. The van der Waals surface area contributed by atoms with Crippen LogP contribution >= 0.6 is 0 Å². The van der Waals surface area contributed by atoms with Crippen molar-refractivity contribution in [1.82, 2.24) is 24.3 Å². The molecule has 3 heterocycles. The number of aromatic nitrogens is 5. The lowest BCUT2D eigenvalue weighted by atomic mass is 10.1. The molecule has 0 atom stereocenters. The number of anilines is 1. The van der Waals surface area contributed by atoms with E-state index in [0.29, 0.717) is 12.8 Å². The first-order valence-corrected chi connectivity index (χ1v) is 12.6. The summed E-state index contributed by atoms with van der Waals surface area (Å²) in [5.74, 6) is 2.76. The molecule has 1 aliphatic heterocycles. The summed E-state index contributed by atoms with van der Waals surface area (Å²) in [6.45, 7) is 0.941. The van der Waals surface area contributed by atoms with Gasteiger partial charge in [-0.25, -0.2) is 4.98 Å². The van der Waals surface area contributed by atoms with Crippen LogP contribution in [0.5, 0.6) is 0 Å². The van der Waals surface area contributed by atoms with E-state index >= 15 is 0 Å². The van der Waals surface area contributed by atoms with Gasteiger partial charge in [0.1, 0.15) is 11.6 Å². The maximum absolute atomic E-state index is 12.9. The molecule has 0 aliphatic carbocycles. The molecule has 0 bridgehead atoms. The van der Waals surface area contributed by atoms with E-state index < -0.39 is 0 Å². The van der Waals surface area contributed by atoms with E-state index in [1.807, 2.05) is 60.7 Å². The van der Waals surface area contributed by atoms with Crippen LogP contribution in [0.25, 0.3) is 28.1 Å². The predicted octanol–water partition coefficient (Wildman–Crippen LogP) is 5.58. The summed E-state index contributed by atoms with van der Waals surface area (Å²) in [5, 5.41) is 11.9. The van der Waals surface area contributed by atoms with Crippen molar-refractivity contribution in [3.8, 4) is 17.1 Å². The number of benzene rings is 3. The number of aryl methyl sites for hydroxylation is 2. The van der Waals surface area contributed by atoms with Crippen LogP contribution in [-0.4, -0.2) is 30.2 Å². The Bertz CT molecular complexity index is 1520. The van der Waals surface area contributed by atoms with Crippen molar-refractivity contribution >= 4 is 22.6 Å². The van der Waals surface area contributed by atoms with E-state index in [1.54, 1.807) is 0 Å². The first-order chi connectivity index (χ1) is 17.8. The molecular formula is C29H28N6O. The zero-order valence-corrected chi connectivity index (χ0v) is 20.1. The van der Waals surface area contributed by atoms with Crippen molar-refractivity contribution in [1.29, 1.82) is 0 Å². The molecule has 36 heavy (non-hydrogen) atoms. The van der Waals surface area contributed by atoms with Gasteiger partial charge in [0.05, 0.1) is 11.0 Å². The minimum Gasteiger partial charge on any atom is -0.326 e. The second-order valence-corrected chi connectivity index (χ2v) is 9.22. The third-order valence-electron chi connectivity index (χ3n) is 6.73. The van der Waals surface area contributed by atoms with Gasteiger partial charge in [-0.2, -0.15) is 0 Å². The van der Waals surface area contributed by atoms with E-state index in [4.69, 9.17) is 4.98 Å². The molecule has 0 fully saturated rings. The molecule has 1 aliphatic rings. The minimum atomic E-state index is -0.0427. The number of carbonyl (C=O) groups is 1. The molecule has 2 aromatic heterocycles. The highest BCUT2D eigenvalue weighted by Gasteiger charge is 2.17. The van der Waals surface area contributed by atoms with Crippen molar-refractivity contribution in [3.05, 3.63) is 90.5 Å². The van der Waals surface area contributed by atoms with Crippen LogP contribution < -0.4 is 5.32 Å². The van der Waals surface area contributed by atoms with Gasteiger partial charge in [0.15, 0.2) is 5.82 Å². The van der Waals surface area contributed by atoms with E-state index in [2.05, 4.69) is 42.8 Å². The Morgan fingerprint density at radius 3 is 2.67 bits per heavy atom. The summed E-state index contributed by atoms with van der Waals surface area (Å²) in [6, 6.07) is 26.1. The van der Waals surface area contributed by atoms with Crippen molar-refractivity contribution in [3.63, 3.8) is 0 Å². The fourth-order valence-electron chi connectivity index (χ4n) is 4.99. The molecule has 5 aromatic rings. The number of imidazole rings is 1. The predicted molar refractivity (Wildman–Crippen MR) is 141 cm³/mol. The Morgan fingerprint density at radius 2 is 1.75 bits per heavy atom. The van der Waals surface area contributed by atoms with Crippen LogP contribution in [0.1, 0.15) is 37.3 Å². The Balaban J connectivity index is 1.19. The van der Waals surface area contributed by atoms with Gasteiger partial charge in [-0.15, -0.1) is 10.2 Å². The fraction of sp³-hybridized carbons (Fsp3) is 0.241. The van der Waals surface area contributed by atoms with Crippen LogP contribution in [0.3, 0.4) is 0 Å². The lowest BCUT2D eigenvalue weighted by Gasteiger charge is -2.11. The average molecular weight is 477 g/mol. The van der Waals surface area contributed by atoms with Crippen molar-refractivity contribution in [2.24, 2.45) is 0 Å². The molecule has 180 valence electrons. The molecule has 0 radical (unpaired) electrons. The molecule has 3 aromatic carbocycles. The molecule has 7 heteroatoms. The molecule has 7 nitrogen and oxygen atoms in total. The maximum Gasteiger partial charge on any atom is 0.224 e. The summed E-state index contributed by atoms with van der Waals surface area (Å²) in [5.41, 5.74) is 4.75. The van der Waals surface area contributed by atoms with Crippen LogP contribution in [0, 0.1) is 0 Å². The molecule has 6 rings (SSSR count). The van der Waals surface area contributed by atoms with Crippen LogP contribution in [-0.2, 0) is 24.2 Å². The van der Waals surface area contributed by atoms with Crippen LogP contribution in [0.4, 0.5) is 5.69 Å². The largest absolute Gasteiger partial charge is 0.326 e. The van der Waals surface area contributed by atoms with E-state index in [-0.39, 0.29) is 5.91 Å². The number of para-hydroxylation sites is 3. The van der Waals surface area contributed by atoms with Crippen LogP contribution in [0.15, 0.2) is 78.9 Å². The fourth-order valence-corrected chi connectivity index (χ4v) is 4.99. The monoisotopic (exact) mass is 476 g/mol. The molecule has 0 unspecified atom stereocenters. The lowest BCUT2D eigenvalue weighted by Crippen LogP contribution is -2.14. The number of carbonyl (C=O) groups excluding carboxylic acids is 1. The van der Waals surface area contributed by atoms with Gasteiger partial charge < -0.3 is 9.88 Å². The molecule has 0 saturated carbocycles. The van der Waals surface area contributed by atoms with Gasteiger partial charge in [-0.1, -0.05) is 48.9 Å². The van der Waals surface area contributed by atoms with Crippen LogP contribution in [0.2, 0.25) is 0 Å². The normalized spacial score (nSPS) is 13.3. The quantitative estimate of drug-likeness (QED) is 0.347. The second kappa shape index (κ2) is 9.77. The van der Waals surface area contributed by atoms with Gasteiger partial charge in [-0.05, 0) is 49.2 Å². The highest BCUT2D eigenvalue weighted by atomic mass is 16.1. The van der Waals surface area contributed by atoms with Gasteiger partial charge in [0.25, 0.3) is 0 Å². The zero-order valence-electron chi connectivity index (χ0n) is 20.1. The van der Waals surface area contributed by atoms with Crippen molar-refractivity contribution in [2.45, 2.75) is 45.1 Å². The lowest BCUT2D eigenvalue weighted by molar-refractivity contribution is -0.116. The molecular weight excluding hydrogens is 448 g/mol. The summed E-state index contributed by atoms with van der Waals surface area (Å²) < 4.78 is 4.36. The number of nitrogens with one attached hydrogen (secondary N) is 1. The summed E-state index contributed by atoms with van der Waals surface area (Å²) >= 11 is 0. The topological polar surface area (TPSA) is 77.6 Å². The third kappa shape index (κ3) is 4.40. The number of fused-ring (bicyclic) bond motifs is 2. The van der Waals surface area contributed by atoms with Gasteiger partial charge in [0, 0.05) is 42.7 Å². The van der Waals surface area contributed by atoms with E-state index in [9.17, 15) is 4.79 Å². The van der Waals surface area contributed by atoms with E-state index in [0.717, 1.165) is 71.3 Å². The van der Waals surface area contributed by atoms with Gasteiger partial charge >= 0.3 is 0 Å². The number of amides is 1. The maximum atomic E-state index is 12.9. The molecule has 1 N–H and O–H groups in total. The number of nitrogens with zero attached hydrogens (tertiary/aromatic N) is 5. The molecule has 1 amide bonds. The zero-order chi connectivity index (χ0) is 24.3. The summed E-state index contributed by atoms with van der Waals surface area (Å²) in [7, 11) is 0. The minimum absolute atomic E-state index is 0.0427. The Kier molecular flexibility index (Phi) is 6.03. The van der Waals surface area contributed by atoms with Gasteiger partial charge in [0.2, 0.25) is 5.91 Å². The second-order valence-electron chi connectivity index (χ2n) is 9.22.